The molecule has 0 aromatic heterocycles. The summed E-state index contributed by atoms with van der Waals surface area (Å²) in [7, 11) is 0. The molecule has 20 heavy (non-hydrogen) atoms. The van der Waals surface area contributed by atoms with Crippen molar-refractivity contribution >= 4 is 11.8 Å². The molecule has 0 spiro atoms. The van der Waals surface area contributed by atoms with E-state index in [-0.39, 0.29) is 16.8 Å². The van der Waals surface area contributed by atoms with Crippen molar-refractivity contribution in [1.29, 1.82) is 0 Å². The Bertz CT molecular complexity index is 661. The van der Waals surface area contributed by atoms with E-state index in [1.54, 1.807) is 18.2 Å². The molecule has 0 bridgehead atoms. The van der Waals surface area contributed by atoms with E-state index in [0.29, 0.717) is 12.1 Å². The number of nitro groups is 1. The third kappa shape index (κ3) is 2.85. The zero-order valence-electron chi connectivity index (χ0n) is 10.0. The van der Waals surface area contributed by atoms with Crippen molar-refractivity contribution in [2.75, 3.05) is 0 Å². The van der Waals surface area contributed by atoms with E-state index < -0.39 is 22.4 Å². The lowest BCUT2D eigenvalue weighted by Crippen LogP contribution is -1.98. The van der Waals surface area contributed by atoms with Crippen LogP contribution in [-0.4, -0.2) is 4.92 Å². The van der Waals surface area contributed by atoms with Crippen LogP contribution in [0.3, 0.4) is 0 Å². The highest BCUT2D eigenvalue weighted by Gasteiger charge is 2.16. The predicted molar refractivity (Wildman–Crippen MR) is 67.6 cm³/mol. The summed E-state index contributed by atoms with van der Waals surface area (Å²) < 4.78 is 39.0. The second kappa shape index (κ2) is 5.56. The first-order valence-corrected chi connectivity index (χ1v) is 5.55. The highest BCUT2D eigenvalue weighted by Crippen LogP contribution is 2.21. The van der Waals surface area contributed by atoms with Crippen LogP contribution in [0, 0.1) is 27.6 Å². The third-order valence-corrected chi connectivity index (χ3v) is 2.58. The first-order valence-electron chi connectivity index (χ1n) is 5.55. The van der Waals surface area contributed by atoms with Crippen molar-refractivity contribution in [2.45, 2.75) is 0 Å². The molecule has 0 atom stereocenters. The van der Waals surface area contributed by atoms with Crippen molar-refractivity contribution in [1.82, 2.24) is 0 Å². The molecule has 0 fully saturated rings. The van der Waals surface area contributed by atoms with E-state index in [1.165, 1.54) is 12.1 Å². The van der Waals surface area contributed by atoms with Crippen molar-refractivity contribution in [2.24, 2.45) is 0 Å². The number of halogens is 3. The Morgan fingerprint density at radius 2 is 1.60 bits per heavy atom. The van der Waals surface area contributed by atoms with E-state index in [0.717, 1.165) is 6.08 Å². The smallest absolute Gasteiger partial charge is 0.258 e. The van der Waals surface area contributed by atoms with Gasteiger partial charge in [-0.25, -0.2) is 13.2 Å². The van der Waals surface area contributed by atoms with Gasteiger partial charge in [-0.1, -0.05) is 18.2 Å². The quantitative estimate of drug-likeness (QED) is 0.370. The lowest BCUT2D eigenvalue weighted by Gasteiger charge is -2.01. The Morgan fingerprint density at radius 1 is 1.05 bits per heavy atom. The monoisotopic (exact) mass is 279 g/mol. The zero-order valence-corrected chi connectivity index (χ0v) is 10.0. The van der Waals surface area contributed by atoms with Crippen LogP contribution in [0.2, 0.25) is 0 Å². The van der Waals surface area contributed by atoms with Gasteiger partial charge in [0.2, 0.25) is 0 Å². The van der Waals surface area contributed by atoms with Crippen molar-refractivity contribution in [3.05, 3.63) is 81.2 Å². The van der Waals surface area contributed by atoms with Gasteiger partial charge in [0.05, 0.1) is 10.5 Å². The summed E-state index contributed by atoms with van der Waals surface area (Å²) in [5.41, 5.74) is -0.185. The zero-order chi connectivity index (χ0) is 14.7. The Morgan fingerprint density at radius 3 is 2.10 bits per heavy atom. The minimum Gasteiger partial charge on any atom is -0.258 e. The highest BCUT2D eigenvalue weighted by atomic mass is 19.2. The van der Waals surface area contributed by atoms with Crippen molar-refractivity contribution in [3.8, 4) is 0 Å². The highest BCUT2D eigenvalue weighted by molar-refractivity contribution is 5.76. The molecule has 0 saturated heterocycles. The molecule has 2 aromatic carbocycles. The Labute approximate surface area is 112 Å². The number of hydrogen-bond acceptors (Lipinski definition) is 2. The van der Waals surface area contributed by atoms with Crippen LogP contribution in [0.1, 0.15) is 11.1 Å². The van der Waals surface area contributed by atoms with Gasteiger partial charge < -0.3 is 0 Å². The number of rotatable bonds is 3. The molecule has 0 unspecified atom stereocenters. The summed E-state index contributed by atoms with van der Waals surface area (Å²) >= 11 is 0. The fourth-order valence-corrected chi connectivity index (χ4v) is 1.67. The minimum absolute atomic E-state index is 0.128. The van der Waals surface area contributed by atoms with Crippen LogP contribution in [-0.2, 0) is 0 Å². The van der Waals surface area contributed by atoms with E-state index >= 15 is 0 Å². The van der Waals surface area contributed by atoms with E-state index in [4.69, 9.17) is 0 Å². The van der Waals surface area contributed by atoms with Crippen LogP contribution in [0.15, 0.2) is 42.5 Å². The second-order valence-electron chi connectivity index (χ2n) is 3.95. The lowest BCUT2D eigenvalue weighted by molar-refractivity contribution is -0.374. The average molecular weight is 279 g/mol. The Hall–Kier alpha value is -2.63. The minimum atomic E-state index is -1.61. The maximum absolute atomic E-state index is 13.1. The van der Waals surface area contributed by atoms with Crippen LogP contribution < -0.4 is 0 Å². The summed E-state index contributed by atoms with van der Waals surface area (Å²) in [6.07, 6.45) is 0.987. The molecule has 6 heteroatoms. The van der Waals surface area contributed by atoms with Gasteiger partial charge in [-0.05, 0) is 29.8 Å². The van der Waals surface area contributed by atoms with Crippen LogP contribution in [0.5, 0.6) is 0 Å². The molecule has 2 aromatic rings. The van der Waals surface area contributed by atoms with Gasteiger partial charge in [0.15, 0.2) is 17.5 Å². The first-order chi connectivity index (χ1) is 9.49. The summed E-state index contributed by atoms with van der Waals surface area (Å²) in [5.74, 6) is -4.40. The van der Waals surface area contributed by atoms with Crippen LogP contribution in [0.4, 0.5) is 13.2 Å². The number of benzene rings is 2. The van der Waals surface area contributed by atoms with Crippen LogP contribution >= 0.6 is 0 Å². The molecule has 0 aliphatic heterocycles. The predicted octanol–water partition coefficient (Wildman–Crippen LogP) is 3.88. The molecule has 102 valence electrons. The molecule has 0 saturated carbocycles. The fraction of sp³-hybridized carbons (Fsp3) is 0. The maximum atomic E-state index is 13.1. The van der Waals surface area contributed by atoms with Crippen molar-refractivity contribution < 1.29 is 18.1 Å². The fourth-order valence-electron chi connectivity index (χ4n) is 1.67. The number of hydrogen-bond donors (Lipinski definition) is 0. The molecule has 0 radical (unpaired) electrons. The summed E-state index contributed by atoms with van der Waals surface area (Å²) in [5, 5.41) is 11.0. The van der Waals surface area contributed by atoms with E-state index in [1.807, 2.05) is 0 Å². The van der Waals surface area contributed by atoms with Gasteiger partial charge >= 0.3 is 0 Å². The summed E-state index contributed by atoms with van der Waals surface area (Å²) in [6.45, 7) is 0. The maximum Gasteiger partial charge on any atom is 0.277 e. The topological polar surface area (TPSA) is 43.1 Å². The normalized spacial score (nSPS) is 11.4. The van der Waals surface area contributed by atoms with Gasteiger partial charge in [-0.3, -0.25) is 10.1 Å². The van der Waals surface area contributed by atoms with Gasteiger partial charge in [-0.2, -0.15) is 0 Å². The molecule has 0 N–H and O–H groups in total. The molecule has 0 aliphatic carbocycles. The lowest BCUT2D eigenvalue weighted by atomic mass is 10.1. The van der Waals surface area contributed by atoms with E-state index in [9.17, 15) is 23.3 Å². The molecule has 0 heterocycles. The molecule has 0 aliphatic rings. The van der Waals surface area contributed by atoms with Crippen molar-refractivity contribution in [3.63, 3.8) is 0 Å². The summed E-state index contributed by atoms with van der Waals surface area (Å²) in [4.78, 5) is 10.3. The molecular formula is C14H8F3NO2. The summed E-state index contributed by atoms with van der Waals surface area (Å²) in [6, 6.07) is 9.25. The van der Waals surface area contributed by atoms with Crippen LogP contribution in [0.25, 0.3) is 11.8 Å². The average Bonchev–Trinajstić information content (AvgIpc) is 2.42. The third-order valence-electron chi connectivity index (χ3n) is 2.58. The molecule has 0 amide bonds. The molecule has 3 nitrogen and oxygen atoms in total. The van der Waals surface area contributed by atoms with Gasteiger partial charge in [0, 0.05) is 6.08 Å². The largest absolute Gasteiger partial charge is 0.277 e. The molecular weight excluding hydrogens is 271 g/mol. The Balaban J connectivity index is 2.53. The van der Waals surface area contributed by atoms with Gasteiger partial charge in [0.1, 0.15) is 0 Å². The van der Waals surface area contributed by atoms with E-state index in [2.05, 4.69) is 0 Å². The standard InChI is InChI=1S/C14H8F3NO2/c15-11-6-9(7-12(16)14(11)17)8-13(18(19)20)10-4-2-1-3-5-10/h1-8H. The first kappa shape index (κ1) is 13.8. The Kier molecular flexibility index (Phi) is 3.84. The van der Waals surface area contributed by atoms with Gasteiger partial charge in [0.25, 0.3) is 5.70 Å². The second-order valence-corrected chi connectivity index (χ2v) is 3.95. The van der Waals surface area contributed by atoms with Gasteiger partial charge in [-0.15, -0.1) is 0 Å². The SMILES string of the molecule is O=[N+]([O-])C(=Cc1cc(F)c(F)c(F)c1)c1ccccc1. The number of nitrogens with zero attached hydrogens (tertiary/aromatic N) is 1. The molecule has 2 rings (SSSR count).